The maximum Gasteiger partial charge on any atom is 0.221 e. The standard InChI is InChI=1S/C10H22N4O2/c1-11-9(15)3-5-13-7-8-14-6-4-10(16)12-2/h13-14H,3-8H2,1-2H3,(H,11,15)(H,12,16). The van der Waals surface area contributed by atoms with Gasteiger partial charge in [0.1, 0.15) is 0 Å². The average Bonchev–Trinajstić information content (AvgIpc) is 2.31. The fourth-order valence-corrected chi connectivity index (χ4v) is 1.08. The third kappa shape index (κ3) is 9.42. The third-order valence-corrected chi connectivity index (χ3v) is 2.09. The fraction of sp³-hybridized carbons (Fsp3) is 0.800. The van der Waals surface area contributed by atoms with E-state index in [1.807, 2.05) is 0 Å². The largest absolute Gasteiger partial charge is 0.359 e. The third-order valence-electron chi connectivity index (χ3n) is 2.09. The molecule has 0 rings (SSSR count). The van der Waals surface area contributed by atoms with E-state index in [1.165, 1.54) is 0 Å². The molecule has 0 saturated heterocycles. The van der Waals surface area contributed by atoms with Gasteiger partial charge in [-0.3, -0.25) is 9.59 Å². The van der Waals surface area contributed by atoms with Crippen molar-refractivity contribution in [3.63, 3.8) is 0 Å². The Morgan fingerprint density at radius 3 is 1.44 bits per heavy atom. The van der Waals surface area contributed by atoms with Crippen molar-refractivity contribution in [1.82, 2.24) is 21.3 Å². The number of amides is 2. The highest BCUT2D eigenvalue weighted by Crippen LogP contribution is 1.76. The first kappa shape index (κ1) is 14.9. The van der Waals surface area contributed by atoms with E-state index < -0.39 is 0 Å². The van der Waals surface area contributed by atoms with Crippen LogP contribution < -0.4 is 21.3 Å². The summed E-state index contributed by atoms with van der Waals surface area (Å²) in [6.45, 7) is 2.95. The number of carbonyl (C=O) groups excluding carboxylic acids is 2. The minimum absolute atomic E-state index is 0.0417. The Morgan fingerprint density at radius 1 is 0.750 bits per heavy atom. The summed E-state index contributed by atoms with van der Waals surface area (Å²) in [5.74, 6) is 0.0835. The van der Waals surface area contributed by atoms with Crippen molar-refractivity contribution in [2.24, 2.45) is 0 Å². The van der Waals surface area contributed by atoms with Crippen LogP contribution in [-0.4, -0.2) is 52.1 Å². The molecule has 0 aromatic rings. The minimum Gasteiger partial charge on any atom is -0.359 e. The molecule has 0 radical (unpaired) electrons. The van der Waals surface area contributed by atoms with Crippen LogP contribution in [0.4, 0.5) is 0 Å². The van der Waals surface area contributed by atoms with Crippen molar-refractivity contribution in [1.29, 1.82) is 0 Å². The summed E-state index contributed by atoms with van der Waals surface area (Å²) in [5.41, 5.74) is 0. The minimum atomic E-state index is 0.0417. The van der Waals surface area contributed by atoms with Gasteiger partial charge in [0.2, 0.25) is 11.8 Å². The molecular formula is C10H22N4O2. The van der Waals surface area contributed by atoms with E-state index >= 15 is 0 Å². The van der Waals surface area contributed by atoms with Gasteiger partial charge in [-0.1, -0.05) is 0 Å². The zero-order valence-electron chi connectivity index (χ0n) is 10.1. The Hall–Kier alpha value is -1.14. The van der Waals surface area contributed by atoms with Gasteiger partial charge >= 0.3 is 0 Å². The molecule has 16 heavy (non-hydrogen) atoms. The molecule has 0 fully saturated rings. The van der Waals surface area contributed by atoms with Gasteiger partial charge in [0.05, 0.1) is 0 Å². The summed E-state index contributed by atoms with van der Waals surface area (Å²) < 4.78 is 0. The normalized spacial score (nSPS) is 9.88. The van der Waals surface area contributed by atoms with Crippen LogP contribution in [0.5, 0.6) is 0 Å². The molecule has 0 aromatic heterocycles. The van der Waals surface area contributed by atoms with Crippen LogP contribution in [0.2, 0.25) is 0 Å². The SMILES string of the molecule is CNC(=O)CCNCCNCCC(=O)NC. The van der Waals surface area contributed by atoms with Gasteiger partial charge in [-0.05, 0) is 0 Å². The zero-order valence-corrected chi connectivity index (χ0v) is 10.1. The van der Waals surface area contributed by atoms with Crippen molar-refractivity contribution < 1.29 is 9.59 Å². The van der Waals surface area contributed by atoms with Crippen molar-refractivity contribution >= 4 is 11.8 Å². The predicted octanol–water partition coefficient (Wildman–Crippen LogP) is -1.56. The van der Waals surface area contributed by atoms with E-state index in [1.54, 1.807) is 14.1 Å². The molecular weight excluding hydrogens is 208 g/mol. The Morgan fingerprint density at radius 2 is 1.12 bits per heavy atom. The summed E-state index contributed by atoms with van der Waals surface area (Å²) in [6.07, 6.45) is 0.990. The molecule has 0 aliphatic carbocycles. The van der Waals surface area contributed by atoms with Crippen molar-refractivity contribution in [3.05, 3.63) is 0 Å². The monoisotopic (exact) mass is 230 g/mol. The zero-order chi connectivity index (χ0) is 12.2. The predicted molar refractivity (Wildman–Crippen MR) is 63.1 cm³/mol. The summed E-state index contributed by atoms with van der Waals surface area (Å²) >= 11 is 0. The molecule has 0 atom stereocenters. The molecule has 2 amide bonds. The van der Waals surface area contributed by atoms with Crippen molar-refractivity contribution in [2.45, 2.75) is 12.8 Å². The molecule has 0 saturated carbocycles. The lowest BCUT2D eigenvalue weighted by molar-refractivity contribution is -0.121. The Balaban J connectivity index is 3.10. The highest BCUT2D eigenvalue weighted by atomic mass is 16.2. The molecule has 94 valence electrons. The second-order valence-electron chi connectivity index (χ2n) is 3.35. The quantitative estimate of drug-likeness (QED) is 0.361. The number of carbonyl (C=O) groups is 2. The van der Waals surface area contributed by atoms with Crippen LogP contribution in [-0.2, 0) is 9.59 Å². The van der Waals surface area contributed by atoms with E-state index in [0.29, 0.717) is 25.9 Å². The molecule has 6 nitrogen and oxygen atoms in total. The van der Waals surface area contributed by atoms with Crippen LogP contribution in [0.1, 0.15) is 12.8 Å². The van der Waals surface area contributed by atoms with E-state index in [-0.39, 0.29) is 11.8 Å². The second kappa shape index (κ2) is 10.4. The van der Waals surface area contributed by atoms with Gasteiger partial charge in [0.25, 0.3) is 0 Å². The van der Waals surface area contributed by atoms with Crippen LogP contribution in [0.15, 0.2) is 0 Å². The number of nitrogens with one attached hydrogen (secondary N) is 4. The molecule has 0 heterocycles. The number of hydrogen-bond donors (Lipinski definition) is 4. The first-order valence-corrected chi connectivity index (χ1v) is 5.53. The maximum atomic E-state index is 10.8. The topological polar surface area (TPSA) is 82.3 Å². The number of rotatable bonds is 9. The maximum absolute atomic E-state index is 10.8. The summed E-state index contributed by atoms with van der Waals surface area (Å²) in [6, 6.07) is 0. The van der Waals surface area contributed by atoms with Gasteiger partial charge in [-0.2, -0.15) is 0 Å². The lowest BCUT2D eigenvalue weighted by Gasteiger charge is -2.05. The Labute approximate surface area is 96.5 Å². The Kier molecular flexibility index (Phi) is 9.64. The average molecular weight is 230 g/mol. The number of hydrogen-bond acceptors (Lipinski definition) is 4. The molecule has 6 heteroatoms. The highest BCUT2D eigenvalue weighted by molar-refractivity contribution is 5.75. The van der Waals surface area contributed by atoms with E-state index in [0.717, 1.165) is 13.1 Å². The molecule has 0 aromatic carbocycles. The van der Waals surface area contributed by atoms with Gasteiger partial charge in [0.15, 0.2) is 0 Å². The lowest BCUT2D eigenvalue weighted by atomic mass is 10.4. The van der Waals surface area contributed by atoms with Crippen LogP contribution >= 0.6 is 0 Å². The molecule has 0 aliphatic heterocycles. The van der Waals surface area contributed by atoms with Gasteiger partial charge in [0, 0.05) is 53.1 Å². The van der Waals surface area contributed by atoms with Crippen LogP contribution in [0.3, 0.4) is 0 Å². The summed E-state index contributed by atoms with van der Waals surface area (Å²) in [5, 5.41) is 11.4. The first-order chi connectivity index (χ1) is 7.70. The van der Waals surface area contributed by atoms with Crippen molar-refractivity contribution in [2.75, 3.05) is 40.3 Å². The van der Waals surface area contributed by atoms with Crippen LogP contribution in [0.25, 0.3) is 0 Å². The van der Waals surface area contributed by atoms with E-state index in [2.05, 4.69) is 21.3 Å². The molecule has 0 bridgehead atoms. The smallest absolute Gasteiger partial charge is 0.221 e. The Bertz CT molecular complexity index is 187. The highest BCUT2D eigenvalue weighted by Gasteiger charge is 1.97. The molecule has 0 unspecified atom stereocenters. The lowest BCUT2D eigenvalue weighted by Crippen LogP contribution is -2.32. The van der Waals surface area contributed by atoms with Gasteiger partial charge < -0.3 is 21.3 Å². The first-order valence-electron chi connectivity index (χ1n) is 5.53. The van der Waals surface area contributed by atoms with Gasteiger partial charge in [-0.25, -0.2) is 0 Å². The molecule has 0 aliphatic rings. The fourth-order valence-electron chi connectivity index (χ4n) is 1.08. The van der Waals surface area contributed by atoms with Crippen LogP contribution in [0, 0.1) is 0 Å². The second-order valence-corrected chi connectivity index (χ2v) is 3.35. The molecule has 0 spiro atoms. The summed E-state index contributed by atoms with van der Waals surface area (Å²) in [4.78, 5) is 21.7. The van der Waals surface area contributed by atoms with E-state index in [9.17, 15) is 9.59 Å². The van der Waals surface area contributed by atoms with E-state index in [4.69, 9.17) is 0 Å². The molecule has 4 N–H and O–H groups in total. The van der Waals surface area contributed by atoms with Crippen molar-refractivity contribution in [3.8, 4) is 0 Å². The van der Waals surface area contributed by atoms with Gasteiger partial charge in [-0.15, -0.1) is 0 Å². The summed E-state index contributed by atoms with van der Waals surface area (Å²) in [7, 11) is 3.26.